The maximum atomic E-state index is 12.7. The summed E-state index contributed by atoms with van der Waals surface area (Å²) in [5, 5.41) is 0. The van der Waals surface area contributed by atoms with Gasteiger partial charge >= 0.3 is 6.09 Å². The first-order valence-corrected chi connectivity index (χ1v) is 11.7. The molecule has 0 bridgehead atoms. The first-order chi connectivity index (χ1) is 15.2. The zero-order valence-corrected chi connectivity index (χ0v) is 18.6. The molecule has 164 valence electrons. The average Bonchev–Trinajstić information content (AvgIpc) is 2.78. The summed E-state index contributed by atoms with van der Waals surface area (Å²) in [6.45, 7) is 5.14. The van der Waals surface area contributed by atoms with Gasteiger partial charge in [0.15, 0.2) is 0 Å². The molecule has 4 rings (SSSR count). The minimum atomic E-state index is -0.188. The van der Waals surface area contributed by atoms with Gasteiger partial charge in [0.05, 0.1) is 0 Å². The van der Waals surface area contributed by atoms with Gasteiger partial charge in [-0.15, -0.1) is 0 Å². The van der Waals surface area contributed by atoms with Gasteiger partial charge in [-0.05, 0) is 50.2 Å². The van der Waals surface area contributed by atoms with Crippen molar-refractivity contribution in [3.8, 4) is 0 Å². The van der Waals surface area contributed by atoms with Gasteiger partial charge in [-0.3, -0.25) is 4.90 Å². The van der Waals surface area contributed by atoms with Gasteiger partial charge in [0.1, 0.15) is 6.61 Å². The second kappa shape index (κ2) is 10.6. The van der Waals surface area contributed by atoms with E-state index in [-0.39, 0.29) is 12.1 Å². The van der Waals surface area contributed by atoms with Crippen LogP contribution in [0.3, 0.4) is 0 Å². The third-order valence-electron chi connectivity index (χ3n) is 6.70. The lowest BCUT2D eigenvalue weighted by atomic mass is 9.86. The van der Waals surface area contributed by atoms with Gasteiger partial charge in [-0.1, -0.05) is 72.3 Å². The molecule has 2 aromatic carbocycles. The average molecular weight is 419 g/mol. The van der Waals surface area contributed by atoms with Crippen LogP contribution in [-0.2, 0) is 17.8 Å². The molecule has 1 fully saturated rings. The number of amides is 1. The Bertz CT molecular complexity index is 857. The van der Waals surface area contributed by atoms with Gasteiger partial charge in [0.2, 0.25) is 0 Å². The molecule has 1 aliphatic carbocycles. The molecule has 1 heterocycles. The van der Waals surface area contributed by atoms with E-state index in [2.05, 4.69) is 41.3 Å². The molecular weight excluding hydrogens is 384 g/mol. The minimum Gasteiger partial charge on any atom is -0.445 e. The molecule has 0 N–H and O–H groups in total. The van der Waals surface area contributed by atoms with Crippen LogP contribution in [0.4, 0.5) is 4.79 Å². The van der Waals surface area contributed by atoms with Crippen LogP contribution in [0.2, 0.25) is 0 Å². The molecule has 0 saturated carbocycles. The summed E-state index contributed by atoms with van der Waals surface area (Å²) in [5.74, 6) is 0. The van der Waals surface area contributed by atoms with Crippen LogP contribution in [0.1, 0.15) is 43.7 Å². The lowest BCUT2D eigenvalue weighted by Crippen LogP contribution is -2.51. The van der Waals surface area contributed by atoms with Crippen molar-refractivity contribution < 1.29 is 9.53 Å². The van der Waals surface area contributed by atoms with Crippen molar-refractivity contribution in [2.24, 2.45) is 0 Å². The second-order valence-electron chi connectivity index (χ2n) is 8.62. The summed E-state index contributed by atoms with van der Waals surface area (Å²) in [4.78, 5) is 17.3. The summed E-state index contributed by atoms with van der Waals surface area (Å²) in [5.41, 5.74) is 4.03. The Morgan fingerprint density at radius 3 is 2.19 bits per heavy atom. The lowest BCUT2D eigenvalue weighted by Gasteiger charge is -2.42. The van der Waals surface area contributed by atoms with Gasteiger partial charge in [0.25, 0.3) is 0 Å². The van der Waals surface area contributed by atoms with Crippen molar-refractivity contribution in [2.75, 3.05) is 19.6 Å². The van der Waals surface area contributed by atoms with E-state index >= 15 is 0 Å². The Morgan fingerprint density at radius 2 is 1.65 bits per heavy atom. The largest absolute Gasteiger partial charge is 0.445 e. The van der Waals surface area contributed by atoms with Crippen molar-refractivity contribution in [1.29, 1.82) is 0 Å². The zero-order chi connectivity index (χ0) is 21.5. The van der Waals surface area contributed by atoms with E-state index in [0.717, 1.165) is 37.9 Å². The van der Waals surface area contributed by atoms with Crippen LogP contribution in [0.25, 0.3) is 0 Å². The van der Waals surface area contributed by atoms with E-state index < -0.39 is 0 Å². The smallest absolute Gasteiger partial charge is 0.410 e. The molecule has 4 nitrogen and oxygen atoms in total. The second-order valence-corrected chi connectivity index (χ2v) is 8.62. The number of rotatable bonds is 8. The SMILES string of the molecule is CCN(C(=O)OCc1ccccc1)C1CCN(C(Cc2ccccc2)C2=CCC2)CC1. The van der Waals surface area contributed by atoms with Crippen LogP contribution < -0.4 is 0 Å². The first-order valence-electron chi connectivity index (χ1n) is 11.7. The highest BCUT2D eigenvalue weighted by molar-refractivity contribution is 5.68. The lowest BCUT2D eigenvalue weighted by molar-refractivity contribution is 0.0575. The number of hydrogen-bond donors (Lipinski definition) is 0. The summed E-state index contributed by atoms with van der Waals surface area (Å²) >= 11 is 0. The molecule has 1 unspecified atom stereocenters. The van der Waals surface area contributed by atoms with Crippen LogP contribution in [0.5, 0.6) is 0 Å². The highest BCUT2D eigenvalue weighted by atomic mass is 16.6. The summed E-state index contributed by atoms with van der Waals surface area (Å²) in [6, 6.07) is 21.5. The highest BCUT2D eigenvalue weighted by Gasteiger charge is 2.32. The quantitative estimate of drug-likeness (QED) is 0.535. The van der Waals surface area contributed by atoms with Crippen molar-refractivity contribution in [2.45, 2.75) is 57.7 Å². The predicted molar refractivity (Wildman–Crippen MR) is 125 cm³/mol. The van der Waals surface area contributed by atoms with Gasteiger partial charge in [-0.25, -0.2) is 4.79 Å². The fraction of sp³-hybridized carbons (Fsp3) is 0.444. The normalized spacial score (nSPS) is 18.0. The highest BCUT2D eigenvalue weighted by Crippen LogP contribution is 2.30. The molecule has 1 aliphatic heterocycles. The standard InChI is InChI=1S/C27H34N2O2/c1-2-29(27(30)31-21-23-12-7-4-8-13-23)25-16-18-28(19-17-25)26(24-14-9-15-24)20-22-10-5-3-6-11-22/h3-8,10-14,25-26H,2,9,15-21H2,1H3. The van der Waals surface area contributed by atoms with Crippen LogP contribution >= 0.6 is 0 Å². The number of piperidine rings is 1. The van der Waals surface area contributed by atoms with Crippen LogP contribution in [0.15, 0.2) is 72.3 Å². The van der Waals surface area contributed by atoms with E-state index in [4.69, 9.17) is 4.74 Å². The maximum absolute atomic E-state index is 12.7. The number of allylic oxidation sites excluding steroid dienone is 1. The third kappa shape index (κ3) is 5.56. The fourth-order valence-electron chi connectivity index (χ4n) is 4.79. The summed E-state index contributed by atoms with van der Waals surface area (Å²) < 4.78 is 5.62. The summed E-state index contributed by atoms with van der Waals surface area (Å²) in [7, 11) is 0. The number of likely N-dealkylation sites (tertiary alicyclic amines) is 1. The zero-order valence-electron chi connectivity index (χ0n) is 18.6. The van der Waals surface area contributed by atoms with Crippen molar-refractivity contribution in [1.82, 2.24) is 9.80 Å². The van der Waals surface area contributed by atoms with Crippen LogP contribution in [0, 0.1) is 0 Å². The molecule has 0 spiro atoms. The van der Waals surface area contributed by atoms with E-state index in [1.807, 2.05) is 42.2 Å². The Labute approximate surface area is 186 Å². The molecular formula is C27H34N2O2. The number of hydrogen-bond acceptors (Lipinski definition) is 3. The van der Waals surface area contributed by atoms with Gasteiger partial charge in [-0.2, -0.15) is 0 Å². The number of nitrogens with zero attached hydrogens (tertiary/aromatic N) is 2. The van der Waals surface area contributed by atoms with E-state index in [0.29, 0.717) is 19.2 Å². The Hall–Kier alpha value is -2.59. The molecule has 31 heavy (non-hydrogen) atoms. The number of ether oxygens (including phenoxy) is 1. The van der Waals surface area contributed by atoms with Crippen molar-refractivity contribution in [3.05, 3.63) is 83.4 Å². The minimum absolute atomic E-state index is 0.188. The molecule has 2 aromatic rings. The predicted octanol–water partition coefficient (Wildman–Crippen LogP) is 5.44. The summed E-state index contributed by atoms with van der Waals surface area (Å²) in [6.07, 6.45) is 7.76. The van der Waals surface area contributed by atoms with E-state index in [9.17, 15) is 4.79 Å². The molecule has 0 aromatic heterocycles. The molecule has 1 amide bonds. The van der Waals surface area contributed by atoms with E-state index in [1.54, 1.807) is 5.57 Å². The van der Waals surface area contributed by atoms with Crippen molar-refractivity contribution >= 4 is 6.09 Å². The third-order valence-corrected chi connectivity index (χ3v) is 6.70. The number of benzene rings is 2. The molecule has 0 radical (unpaired) electrons. The van der Waals surface area contributed by atoms with E-state index in [1.165, 1.54) is 18.4 Å². The fourth-order valence-corrected chi connectivity index (χ4v) is 4.79. The topological polar surface area (TPSA) is 32.8 Å². The van der Waals surface area contributed by atoms with Crippen LogP contribution in [-0.4, -0.2) is 47.6 Å². The molecule has 4 heteroatoms. The van der Waals surface area contributed by atoms with Crippen molar-refractivity contribution in [3.63, 3.8) is 0 Å². The first kappa shape index (κ1) is 21.6. The maximum Gasteiger partial charge on any atom is 0.410 e. The number of carbonyl (C=O) groups excluding carboxylic acids is 1. The van der Waals surface area contributed by atoms with Gasteiger partial charge in [0, 0.05) is 31.7 Å². The number of carbonyl (C=O) groups is 1. The Kier molecular flexibility index (Phi) is 7.42. The molecule has 2 aliphatic rings. The van der Waals surface area contributed by atoms with Gasteiger partial charge < -0.3 is 9.64 Å². The molecule has 1 saturated heterocycles. The Balaban J connectivity index is 1.33. The molecule has 1 atom stereocenters. The Morgan fingerprint density at radius 1 is 1.03 bits per heavy atom. The monoisotopic (exact) mass is 418 g/mol.